The molecule has 44 heavy (non-hydrogen) atoms. The van der Waals surface area contributed by atoms with Crippen molar-refractivity contribution in [3.8, 4) is 22.6 Å². The maximum absolute atomic E-state index is 12.8. The lowest BCUT2D eigenvalue weighted by atomic mass is 10.1. The van der Waals surface area contributed by atoms with Crippen molar-refractivity contribution in [3.63, 3.8) is 0 Å². The van der Waals surface area contributed by atoms with Crippen LogP contribution in [0.15, 0.2) is 116 Å². The molecule has 1 aliphatic rings. The zero-order valence-corrected chi connectivity index (χ0v) is 24.1. The molecule has 0 unspecified atom stereocenters. The third-order valence-electron chi connectivity index (χ3n) is 7.53. The zero-order valence-electron chi connectivity index (χ0n) is 24.1. The third-order valence-corrected chi connectivity index (χ3v) is 7.53. The Labute approximate surface area is 255 Å². The Morgan fingerprint density at radius 2 is 1.64 bits per heavy atom. The molecule has 3 aromatic heterocycles. The number of rotatable bonds is 8. The average molecular weight is 582 g/mol. The first-order valence-corrected chi connectivity index (χ1v) is 14.6. The van der Waals surface area contributed by atoms with Crippen molar-refractivity contribution in [2.45, 2.75) is 6.42 Å². The van der Waals surface area contributed by atoms with Gasteiger partial charge < -0.3 is 20.3 Å². The number of ether oxygens (including phenoxy) is 1. The molecule has 0 atom stereocenters. The van der Waals surface area contributed by atoms with Gasteiger partial charge in [-0.05, 0) is 54.1 Å². The van der Waals surface area contributed by atoms with Gasteiger partial charge in [0.15, 0.2) is 0 Å². The van der Waals surface area contributed by atoms with E-state index in [2.05, 4.69) is 32.7 Å². The van der Waals surface area contributed by atoms with Crippen LogP contribution in [0.2, 0.25) is 0 Å². The quantitative estimate of drug-likeness (QED) is 0.220. The van der Waals surface area contributed by atoms with Crippen LogP contribution < -0.4 is 15.5 Å². The molecule has 9 nitrogen and oxygen atoms in total. The molecule has 0 aliphatic carbocycles. The summed E-state index contributed by atoms with van der Waals surface area (Å²) in [5.41, 5.74) is 7.68. The van der Waals surface area contributed by atoms with E-state index in [1.165, 1.54) is 0 Å². The lowest BCUT2D eigenvalue weighted by Gasteiger charge is -2.29. The number of anilines is 4. The van der Waals surface area contributed by atoms with Crippen LogP contribution in [0.3, 0.4) is 0 Å². The molecular weight excluding hydrogens is 550 g/mol. The van der Waals surface area contributed by atoms with E-state index >= 15 is 0 Å². The van der Waals surface area contributed by atoms with E-state index in [1.807, 2.05) is 102 Å². The number of hydrogen-bond donors (Lipinski definition) is 2. The summed E-state index contributed by atoms with van der Waals surface area (Å²) >= 11 is 0. The lowest BCUT2D eigenvalue weighted by Crippen LogP contribution is -2.36. The number of hydrogen-bond acceptors (Lipinski definition) is 7. The molecule has 3 aromatic carbocycles. The van der Waals surface area contributed by atoms with Crippen LogP contribution in [0.5, 0.6) is 0 Å². The normalized spacial score (nSPS) is 13.1. The maximum Gasteiger partial charge on any atom is 0.228 e. The zero-order chi connectivity index (χ0) is 29.7. The van der Waals surface area contributed by atoms with E-state index in [-0.39, 0.29) is 5.91 Å². The first-order valence-electron chi connectivity index (χ1n) is 14.6. The lowest BCUT2D eigenvalue weighted by molar-refractivity contribution is -0.115. The number of fused-ring (bicyclic) bond motifs is 1. The largest absolute Gasteiger partial charge is 0.378 e. The summed E-state index contributed by atoms with van der Waals surface area (Å²) in [4.78, 5) is 29.5. The van der Waals surface area contributed by atoms with Crippen molar-refractivity contribution in [2.75, 3.05) is 41.8 Å². The first-order chi connectivity index (χ1) is 21.7. The number of imidazole rings is 1. The highest BCUT2D eigenvalue weighted by atomic mass is 16.5. The molecule has 1 amide bonds. The highest BCUT2D eigenvalue weighted by molar-refractivity contribution is 5.93. The van der Waals surface area contributed by atoms with Gasteiger partial charge in [0.25, 0.3) is 0 Å². The van der Waals surface area contributed by atoms with Crippen LogP contribution in [0.4, 0.5) is 23.0 Å². The van der Waals surface area contributed by atoms with Crippen LogP contribution >= 0.6 is 0 Å². The van der Waals surface area contributed by atoms with Crippen molar-refractivity contribution in [1.82, 2.24) is 19.4 Å². The Kier molecular flexibility index (Phi) is 7.67. The molecule has 0 radical (unpaired) electrons. The molecule has 1 fully saturated rings. The van der Waals surface area contributed by atoms with Crippen LogP contribution in [0.1, 0.15) is 5.56 Å². The number of amides is 1. The van der Waals surface area contributed by atoms with Crippen LogP contribution in [0, 0.1) is 0 Å². The van der Waals surface area contributed by atoms with E-state index < -0.39 is 0 Å². The fraction of sp³-hybridized carbons (Fsp3) is 0.143. The summed E-state index contributed by atoms with van der Waals surface area (Å²) < 4.78 is 7.54. The second-order valence-corrected chi connectivity index (χ2v) is 10.6. The van der Waals surface area contributed by atoms with E-state index in [0.29, 0.717) is 18.1 Å². The van der Waals surface area contributed by atoms with Gasteiger partial charge in [0.1, 0.15) is 5.65 Å². The van der Waals surface area contributed by atoms with E-state index in [4.69, 9.17) is 14.7 Å². The predicted molar refractivity (Wildman–Crippen MR) is 173 cm³/mol. The van der Waals surface area contributed by atoms with E-state index in [9.17, 15) is 4.79 Å². The number of nitrogens with zero attached hydrogens (tertiary/aromatic N) is 5. The number of nitrogens with one attached hydrogen (secondary N) is 2. The smallest absolute Gasteiger partial charge is 0.228 e. The van der Waals surface area contributed by atoms with Crippen molar-refractivity contribution >= 4 is 34.6 Å². The summed E-state index contributed by atoms with van der Waals surface area (Å²) in [7, 11) is 0. The number of benzene rings is 3. The average Bonchev–Trinajstić information content (AvgIpc) is 3.46. The van der Waals surface area contributed by atoms with Gasteiger partial charge in [-0.2, -0.15) is 0 Å². The Hall–Kier alpha value is -5.54. The topological polar surface area (TPSA) is 96.7 Å². The predicted octanol–water partition coefficient (Wildman–Crippen LogP) is 6.22. The summed E-state index contributed by atoms with van der Waals surface area (Å²) in [6, 6.07) is 33.5. The van der Waals surface area contributed by atoms with Crippen molar-refractivity contribution in [3.05, 3.63) is 121 Å². The number of pyridine rings is 1. The molecule has 2 N–H and O–H groups in total. The second kappa shape index (κ2) is 12.4. The van der Waals surface area contributed by atoms with E-state index in [0.717, 1.165) is 71.5 Å². The van der Waals surface area contributed by atoms with Crippen LogP contribution in [-0.4, -0.2) is 51.6 Å². The minimum atomic E-state index is -0.0761. The van der Waals surface area contributed by atoms with Crippen molar-refractivity contribution < 1.29 is 9.53 Å². The monoisotopic (exact) mass is 581 g/mol. The maximum atomic E-state index is 12.8. The third kappa shape index (κ3) is 5.99. The number of carbonyl (C=O) groups excluding carboxylic acids is 1. The molecule has 7 rings (SSSR count). The molecule has 9 heteroatoms. The van der Waals surface area contributed by atoms with Gasteiger partial charge in [-0.1, -0.05) is 54.6 Å². The van der Waals surface area contributed by atoms with Crippen LogP contribution in [0.25, 0.3) is 28.3 Å². The van der Waals surface area contributed by atoms with Gasteiger partial charge in [0.2, 0.25) is 11.9 Å². The summed E-state index contributed by atoms with van der Waals surface area (Å²) in [5, 5.41) is 6.42. The van der Waals surface area contributed by atoms with Gasteiger partial charge in [-0.25, -0.2) is 15.0 Å². The summed E-state index contributed by atoms with van der Waals surface area (Å²) in [6.45, 7) is 3.19. The SMILES string of the molecule is O=C(Cc1ccccc1)Nc1cccc(-c2nc3ccccn3c2-c2ccnc(Nc3cccc(N4CCOCC4)c3)n2)c1. The molecule has 1 saturated heterocycles. The number of aromatic nitrogens is 4. The van der Waals surface area contributed by atoms with Gasteiger partial charge in [0, 0.05) is 48.1 Å². The first kappa shape index (κ1) is 27.3. The molecule has 0 spiro atoms. The summed E-state index contributed by atoms with van der Waals surface area (Å²) in [5.74, 6) is 0.410. The summed E-state index contributed by atoms with van der Waals surface area (Å²) in [6.07, 6.45) is 4.03. The Bertz CT molecular complexity index is 1920. The number of carbonyl (C=O) groups is 1. The molecule has 1 aliphatic heterocycles. The van der Waals surface area contributed by atoms with Gasteiger partial charge in [-0.3, -0.25) is 9.20 Å². The molecule has 0 bridgehead atoms. The van der Waals surface area contributed by atoms with Gasteiger partial charge in [0.05, 0.1) is 36.7 Å². The number of morpholine rings is 1. The van der Waals surface area contributed by atoms with Gasteiger partial charge >= 0.3 is 0 Å². The van der Waals surface area contributed by atoms with Crippen molar-refractivity contribution in [2.24, 2.45) is 0 Å². The Morgan fingerprint density at radius 3 is 2.52 bits per heavy atom. The Balaban J connectivity index is 1.19. The fourth-order valence-electron chi connectivity index (χ4n) is 5.45. The molecule has 4 heterocycles. The van der Waals surface area contributed by atoms with Crippen LogP contribution in [-0.2, 0) is 16.0 Å². The van der Waals surface area contributed by atoms with Crippen molar-refractivity contribution in [1.29, 1.82) is 0 Å². The molecular formula is C35H31N7O2. The highest BCUT2D eigenvalue weighted by Gasteiger charge is 2.19. The molecule has 218 valence electrons. The minimum absolute atomic E-state index is 0.0761. The van der Waals surface area contributed by atoms with E-state index in [1.54, 1.807) is 6.20 Å². The molecule has 0 saturated carbocycles. The minimum Gasteiger partial charge on any atom is -0.378 e. The Morgan fingerprint density at radius 1 is 0.818 bits per heavy atom. The highest BCUT2D eigenvalue weighted by Crippen LogP contribution is 2.33. The fourth-order valence-corrected chi connectivity index (χ4v) is 5.45. The standard InChI is InChI=1S/C35H31N7O2/c43-32(22-25-8-2-1-3-9-25)37-27-11-6-10-26(23-27)33-34(42-17-5-4-14-31(42)40-33)30-15-16-36-35(39-30)38-28-12-7-13-29(24-28)41-18-20-44-21-19-41/h1-17,23-24H,18-22H2,(H,37,43)(H,36,38,39). The second-order valence-electron chi connectivity index (χ2n) is 10.6. The molecule has 6 aromatic rings. The van der Waals surface area contributed by atoms with Gasteiger partial charge in [-0.15, -0.1) is 0 Å².